The maximum atomic E-state index is 6.52. The van der Waals surface area contributed by atoms with Crippen molar-refractivity contribution in [2.45, 2.75) is 0 Å². The lowest BCUT2D eigenvalue weighted by molar-refractivity contribution is 0.669. The van der Waals surface area contributed by atoms with Crippen LogP contribution in [0.4, 0.5) is 0 Å². The molecule has 0 saturated heterocycles. The third kappa shape index (κ3) is 5.50. The highest BCUT2D eigenvalue weighted by Crippen LogP contribution is 2.56. The first kappa shape index (κ1) is 39.3. The zero-order chi connectivity index (χ0) is 46.3. The quantitative estimate of drug-likeness (QED) is 0.160. The lowest BCUT2D eigenvalue weighted by atomic mass is 9.83. The van der Waals surface area contributed by atoms with Gasteiger partial charge in [0.15, 0.2) is 0 Å². The van der Waals surface area contributed by atoms with E-state index in [1.807, 2.05) is 22.7 Å². The zero-order valence-corrected chi connectivity index (χ0v) is 39.8. The molecule has 0 bridgehead atoms. The molecule has 0 fully saturated rings. The number of furan rings is 1. The molecule has 328 valence electrons. The molecular formula is C68H38OS2. The van der Waals surface area contributed by atoms with Crippen LogP contribution in [0, 0.1) is 0 Å². The summed E-state index contributed by atoms with van der Waals surface area (Å²) in [5.74, 6) is 0. The van der Waals surface area contributed by atoms with Crippen LogP contribution in [0.15, 0.2) is 235 Å². The lowest BCUT2D eigenvalue weighted by Gasteiger charge is -2.20. The smallest absolute Gasteiger partial charge is 0.136 e. The molecule has 0 aliphatic rings. The molecule has 3 heterocycles. The first-order valence-electron chi connectivity index (χ1n) is 24.3. The Bertz CT molecular complexity index is 4820. The van der Waals surface area contributed by atoms with Gasteiger partial charge in [-0.1, -0.05) is 194 Å². The Kier molecular flexibility index (Phi) is 8.27. The molecular weight excluding hydrogens is 897 g/mol. The number of rotatable bonds is 4. The van der Waals surface area contributed by atoms with Crippen LogP contribution in [-0.2, 0) is 0 Å². The highest BCUT2D eigenvalue weighted by molar-refractivity contribution is 7.27. The van der Waals surface area contributed by atoms with Crippen molar-refractivity contribution in [3.63, 3.8) is 0 Å². The summed E-state index contributed by atoms with van der Waals surface area (Å²) in [7, 11) is 0. The van der Waals surface area contributed by atoms with E-state index in [0.717, 1.165) is 21.9 Å². The van der Waals surface area contributed by atoms with Crippen molar-refractivity contribution < 1.29 is 4.42 Å². The maximum absolute atomic E-state index is 6.52. The molecule has 0 spiro atoms. The van der Waals surface area contributed by atoms with Crippen LogP contribution in [-0.4, -0.2) is 0 Å². The van der Waals surface area contributed by atoms with Crippen LogP contribution >= 0.6 is 22.7 Å². The minimum Gasteiger partial charge on any atom is -0.456 e. The summed E-state index contributed by atoms with van der Waals surface area (Å²) in [6, 6.07) is 85.6. The summed E-state index contributed by atoms with van der Waals surface area (Å²) in [6.45, 7) is 0. The van der Waals surface area contributed by atoms with Gasteiger partial charge in [0.05, 0.1) is 0 Å². The minimum absolute atomic E-state index is 0.904. The fraction of sp³-hybridized carbons (Fsp3) is 0. The Labute approximate surface area is 415 Å². The van der Waals surface area contributed by atoms with E-state index < -0.39 is 0 Å². The molecule has 0 saturated carbocycles. The normalized spacial score (nSPS) is 12.2. The van der Waals surface area contributed by atoms with Gasteiger partial charge in [0.1, 0.15) is 11.2 Å². The first-order chi connectivity index (χ1) is 35.3. The summed E-state index contributed by atoms with van der Waals surface area (Å²) < 4.78 is 11.8. The van der Waals surface area contributed by atoms with Crippen molar-refractivity contribution >= 4 is 139 Å². The van der Waals surface area contributed by atoms with E-state index in [1.165, 1.54) is 139 Å². The zero-order valence-electron chi connectivity index (χ0n) is 38.2. The Morgan fingerprint density at radius 2 is 0.634 bits per heavy atom. The highest BCUT2D eigenvalue weighted by atomic mass is 32.1. The maximum Gasteiger partial charge on any atom is 0.136 e. The van der Waals surface area contributed by atoms with Crippen molar-refractivity contribution in [2.75, 3.05) is 0 Å². The first-order valence-corrected chi connectivity index (χ1v) is 26.0. The fourth-order valence-electron chi connectivity index (χ4n) is 12.4. The number of para-hydroxylation sites is 1. The van der Waals surface area contributed by atoms with Crippen molar-refractivity contribution in [3.05, 3.63) is 231 Å². The molecule has 3 heteroatoms. The van der Waals surface area contributed by atoms with Gasteiger partial charge in [-0.2, -0.15) is 0 Å². The van der Waals surface area contributed by atoms with Gasteiger partial charge in [-0.3, -0.25) is 0 Å². The van der Waals surface area contributed by atoms with Crippen molar-refractivity contribution in [1.82, 2.24) is 0 Å². The SMILES string of the molecule is c1ccc(-c2c3ccccc3c(-c3cc4cc(-c5c6ccccc6c(-c6cccc7oc8ccccc8c67)c6ccccc56)c5sc6ccccc6c5c4c4c3sc3ccccc34)c3ccccc23)cc1. The standard InChI is InChI=1S/C68H38OS2/c1-2-19-39(20-3-1)59-41-21-4-6-23-43(41)62(44-24-7-5-22-42(44)59)53-37-40-38-54(68-66(51-31-14-17-36-58(51)71-68)60(40)65-50-30-13-16-35-57(50)70-67(53)65)63-47-27-10-8-25-45(47)61(46-26-9-11-28-48(46)63)52-32-18-34-56-64(52)49-29-12-15-33-55(49)69-56/h1-38H. The summed E-state index contributed by atoms with van der Waals surface area (Å²) in [5, 5.41) is 20.1. The Balaban J connectivity index is 1.09. The second-order valence-electron chi connectivity index (χ2n) is 18.9. The van der Waals surface area contributed by atoms with Crippen LogP contribution < -0.4 is 0 Å². The second kappa shape index (κ2) is 15.0. The molecule has 0 atom stereocenters. The van der Waals surface area contributed by atoms with E-state index in [0.29, 0.717) is 0 Å². The van der Waals surface area contributed by atoms with Gasteiger partial charge in [-0.25, -0.2) is 0 Å². The highest BCUT2D eigenvalue weighted by Gasteiger charge is 2.27. The summed E-state index contributed by atoms with van der Waals surface area (Å²) in [5.41, 5.74) is 11.8. The van der Waals surface area contributed by atoms with Gasteiger partial charge >= 0.3 is 0 Å². The monoisotopic (exact) mass is 934 g/mol. The molecule has 71 heavy (non-hydrogen) atoms. The van der Waals surface area contributed by atoms with Gasteiger partial charge in [0.2, 0.25) is 0 Å². The van der Waals surface area contributed by atoms with E-state index in [4.69, 9.17) is 4.42 Å². The van der Waals surface area contributed by atoms with Gasteiger partial charge in [-0.05, 0) is 118 Å². The molecule has 0 amide bonds. The van der Waals surface area contributed by atoms with Crippen LogP contribution in [0.5, 0.6) is 0 Å². The average molecular weight is 935 g/mol. The lowest BCUT2D eigenvalue weighted by Crippen LogP contribution is -1.93. The van der Waals surface area contributed by atoms with Gasteiger partial charge in [0.25, 0.3) is 0 Å². The predicted octanol–water partition coefficient (Wildman–Crippen LogP) is 20.8. The van der Waals surface area contributed by atoms with E-state index in [2.05, 4.69) is 231 Å². The molecule has 1 nitrogen and oxygen atoms in total. The molecule has 16 rings (SSSR count). The van der Waals surface area contributed by atoms with Crippen molar-refractivity contribution in [2.24, 2.45) is 0 Å². The van der Waals surface area contributed by atoms with E-state index >= 15 is 0 Å². The number of benzene rings is 13. The van der Waals surface area contributed by atoms with Gasteiger partial charge < -0.3 is 4.42 Å². The van der Waals surface area contributed by atoms with Crippen molar-refractivity contribution in [1.29, 1.82) is 0 Å². The third-order valence-corrected chi connectivity index (χ3v) is 17.6. The molecule has 0 radical (unpaired) electrons. The van der Waals surface area contributed by atoms with Gasteiger partial charge in [0, 0.05) is 67.6 Å². The van der Waals surface area contributed by atoms with Crippen LogP contribution in [0.1, 0.15) is 0 Å². The van der Waals surface area contributed by atoms with E-state index in [1.54, 1.807) is 0 Å². The van der Waals surface area contributed by atoms with Crippen LogP contribution in [0.2, 0.25) is 0 Å². The molecule has 16 aromatic rings. The van der Waals surface area contributed by atoms with Gasteiger partial charge in [-0.15, -0.1) is 22.7 Å². The summed E-state index contributed by atoms with van der Waals surface area (Å²) in [4.78, 5) is 0. The second-order valence-corrected chi connectivity index (χ2v) is 21.0. The molecule has 0 aliphatic heterocycles. The van der Waals surface area contributed by atoms with E-state index in [-0.39, 0.29) is 0 Å². The Hall–Kier alpha value is -8.60. The molecule has 0 N–H and O–H groups in total. The Morgan fingerprint density at radius 1 is 0.254 bits per heavy atom. The number of hydrogen-bond acceptors (Lipinski definition) is 3. The fourth-order valence-corrected chi connectivity index (χ4v) is 14.9. The van der Waals surface area contributed by atoms with Crippen LogP contribution in [0.25, 0.3) is 161 Å². The van der Waals surface area contributed by atoms with Crippen molar-refractivity contribution in [3.8, 4) is 44.5 Å². The largest absolute Gasteiger partial charge is 0.456 e. The number of thiophene rings is 2. The predicted molar refractivity (Wildman–Crippen MR) is 309 cm³/mol. The average Bonchev–Trinajstić information content (AvgIpc) is 4.14. The minimum atomic E-state index is 0.904. The molecule has 0 unspecified atom stereocenters. The molecule has 0 aliphatic carbocycles. The topological polar surface area (TPSA) is 13.1 Å². The summed E-state index contributed by atoms with van der Waals surface area (Å²) in [6.07, 6.45) is 0. The van der Waals surface area contributed by atoms with Crippen LogP contribution in [0.3, 0.4) is 0 Å². The Morgan fingerprint density at radius 3 is 1.13 bits per heavy atom. The van der Waals surface area contributed by atoms with E-state index in [9.17, 15) is 0 Å². The molecule has 3 aromatic heterocycles. The third-order valence-electron chi connectivity index (χ3n) is 15.2. The number of hydrogen-bond donors (Lipinski definition) is 0. The summed E-state index contributed by atoms with van der Waals surface area (Å²) >= 11 is 3.87. The molecule has 13 aromatic carbocycles. The number of fused-ring (bicyclic) bond motifs is 16.